The van der Waals surface area contributed by atoms with E-state index < -0.39 is 0 Å². The summed E-state index contributed by atoms with van der Waals surface area (Å²) in [5, 5.41) is 2.98. The van der Waals surface area contributed by atoms with Crippen molar-refractivity contribution in [3.05, 3.63) is 45.9 Å². The van der Waals surface area contributed by atoms with Gasteiger partial charge in [0.2, 0.25) is 0 Å². The summed E-state index contributed by atoms with van der Waals surface area (Å²) in [6, 6.07) is 5.04. The van der Waals surface area contributed by atoms with Gasteiger partial charge in [0, 0.05) is 26.3 Å². The maximum Gasteiger partial charge on any atom is 0.261 e. The molecule has 5 rings (SSSR count). The van der Waals surface area contributed by atoms with Crippen LogP contribution in [0, 0.1) is 0 Å². The van der Waals surface area contributed by atoms with Crippen molar-refractivity contribution in [1.29, 1.82) is 0 Å². The van der Waals surface area contributed by atoms with Crippen molar-refractivity contribution in [3.63, 3.8) is 0 Å². The second-order valence-corrected chi connectivity index (χ2v) is 7.66. The van der Waals surface area contributed by atoms with Crippen molar-refractivity contribution in [2.24, 2.45) is 0 Å². The van der Waals surface area contributed by atoms with Crippen molar-refractivity contribution >= 4 is 28.5 Å². The van der Waals surface area contributed by atoms with E-state index in [9.17, 15) is 14.4 Å². The number of hydrogen-bond acceptors (Lipinski definition) is 6. The number of pyridine rings is 1. The molecule has 1 aromatic carbocycles. The highest BCUT2D eigenvalue weighted by molar-refractivity contribution is 6.22. The molecule has 3 aromatic rings. The van der Waals surface area contributed by atoms with Gasteiger partial charge in [0.05, 0.1) is 27.8 Å². The predicted molar refractivity (Wildman–Crippen MR) is 113 cm³/mol. The summed E-state index contributed by atoms with van der Waals surface area (Å²) in [5.41, 5.74) is 2.61. The Morgan fingerprint density at radius 3 is 2.53 bits per heavy atom. The number of aromatic nitrogens is 3. The van der Waals surface area contributed by atoms with Crippen LogP contribution in [0.4, 0.5) is 5.69 Å². The molecule has 0 unspecified atom stereocenters. The number of anilines is 1. The van der Waals surface area contributed by atoms with Gasteiger partial charge in [0.1, 0.15) is 11.4 Å². The number of imidazole rings is 1. The number of H-pyrrole nitrogens is 2. The number of carbonyl (C=O) groups is 2. The smallest absolute Gasteiger partial charge is 0.261 e. The molecule has 30 heavy (non-hydrogen) atoms. The van der Waals surface area contributed by atoms with Gasteiger partial charge in [-0.25, -0.2) is 4.98 Å². The summed E-state index contributed by atoms with van der Waals surface area (Å²) in [4.78, 5) is 52.0. The van der Waals surface area contributed by atoms with E-state index in [-0.39, 0.29) is 17.4 Å². The second-order valence-electron chi connectivity index (χ2n) is 7.66. The van der Waals surface area contributed by atoms with E-state index in [1.54, 1.807) is 31.4 Å². The Balaban J connectivity index is 1.49. The van der Waals surface area contributed by atoms with Crippen LogP contribution < -0.4 is 10.9 Å². The minimum atomic E-state index is -0.284. The maximum absolute atomic E-state index is 12.9. The lowest BCUT2D eigenvalue weighted by atomic mass is 10.1. The topological polar surface area (TPSA) is 114 Å². The molecule has 0 radical (unpaired) electrons. The van der Waals surface area contributed by atoms with Gasteiger partial charge < -0.3 is 20.2 Å². The van der Waals surface area contributed by atoms with Crippen molar-refractivity contribution in [3.8, 4) is 11.4 Å². The molecule has 0 bridgehead atoms. The summed E-state index contributed by atoms with van der Waals surface area (Å²) >= 11 is 0. The lowest BCUT2D eigenvalue weighted by molar-refractivity contribution is 0.0640. The summed E-state index contributed by atoms with van der Waals surface area (Å²) in [7, 11) is 1.73. The first-order valence-corrected chi connectivity index (χ1v) is 10.1. The number of benzene rings is 1. The molecule has 0 aliphatic carbocycles. The largest absolute Gasteiger partial charge is 0.387 e. The van der Waals surface area contributed by atoms with Gasteiger partial charge >= 0.3 is 0 Å². The van der Waals surface area contributed by atoms with E-state index in [1.165, 1.54) is 17.7 Å². The number of likely N-dealkylation sites (tertiary alicyclic amines) is 1. The van der Waals surface area contributed by atoms with Gasteiger partial charge in [-0.1, -0.05) is 0 Å². The van der Waals surface area contributed by atoms with Crippen LogP contribution in [0.1, 0.15) is 33.6 Å². The average Bonchev–Trinajstić information content (AvgIpc) is 3.45. The van der Waals surface area contributed by atoms with E-state index in [1.807, 2.05) is 0 Å². The monoisotopic (exact) mass is 406 g/mol. The van der Waals surface area contributed by atoms with E-state index >= 15 is 0 Å². The molecule has 0 spiro atoms. The third kappa shape index (κ3) is 2.89. The number of amides is 2. The Bertz CT molecular complexity index is 1170. The van der Waals surface area contributed by atoms with Crippen LogP contribution in [-0.4, -0.2) is 69.8 Å². The quantitative estimate of drug-likeness (QED) is 0.555. The predicted octanol–water partition coefficient (Wildman–Crippen LogP) is 1.65. The fourth-order valence-electron chi connectivity index (χ4n) is 4.28. The van der Waals surface area contributed by atoms with Crippen LogP contribution in [0.25, 0.3) is 22.4 Å². The van der Waals surface area contributed by atoms with Crippen molar-refractivity contribution in [2.45, 2.75) is 12.8 Å². The van der Waals surface area contributed by atoms with E-state index in [2.05, 4.69) is 25.2 Å². The highest BCUT2D eigenvalue weighted by atomic mass is 16.2. The molecule has 2 amide bonds. The molecular weight excluding hydrogens is 384 g/mol. The normalized spacial score (nSPS) is 16.6. The first-order chi connectivity index (χ1) is 14.6. The zero-order valence-corrected chi connectivity index (χ0v) is 16.6. The number of nitrogens with zero attached hydrogens (tertiary/aromatic N) is 3. The Morgan fingerprint density at radius 1 is 1.07 bits per heavy atom. The Morgan fingerprint density at radius 2 is 1.80 bits per heavy atom. The molecule has 2 aliphatic rings. The number of carbonyl (C=O) groups excluding carboxylic acids is 2. The molecule has 0 saturated carbocycles. The fourth-order valence-corrected chi connectivity index (χ4v) is 4.28. The van der Waals surface area contributed by atoms with E-state index in [0.29, 0.717) is 52.3 Å². The third-order valence-corrected chi connectivity index (χ3v) is 5.88. The summed E-state index contributed by atoms with van der Waals surface area (Å²) in [5.74, 6) is -0.180. The van der Waals surface area contributed by atoms with Gasteiger partial charge in [0.25, 0.3) is 17.4 Å². The summed E-state index contributed by atoms with van der Waals surface area (Å²) < 4.78 is 0. The SMILES string of the molecule is CNc1cc[nH]c(=O)c1-c1nc2cc3c(cc2[nH]1)C(=O)N(CCN1CCCC1)C3=O. The van der Waals surface area contributed by atoms with Crippen molar-refractivity contribution < 1.29 is 9.59 Å². The Kier molecular flexibility index (Phi) is 4.39. The molecule has 1 fully saturated rings. The Hall–Kier alpha value is -3.46. The number of nitrogens with one attached hydrogen (secondary N) is 3. The minimum Gasteiger partial charge on any atom is -0.387 e. The number of rotatable bonds is 5. The van der Waals surface area contributed by atoms with Crippen LogP contribution in [0.2, 0.25) is 0 Å². The second kappa shape index (κ2) is 7.10. The van der Waals surface area contributed by atoms with Crippen molar-refractivity contribution in [2.75, 3.05) is 38.5 Å². The third-order valence-electron chi connectivity index (χ3n) is 5.88. The van der Waals surface area contributed by atoms with Gasteiger partial charge in [-0.3, -0.25) is 19.3 Å². The number of aromatic amines is 2. The molecule has 3 N–H and O–H groups in total. The van der Waals surface area contributed by atoms with Crippen LogP contribution in [-0.2, 0) is 0 Å². The van der Waals surface area contributed by atoms with Gasteiger partial charge in [-0.05, 0) is 44.1 Å². The number of imide groups is 1. The fraction of sp³-hybridized carbons (Fsp3) is 0.333. The van der Waals surface area contributed by atoms with Crippen LogP contribution >= 0.6 is 0 Å². The molecule has 154 valence electrons. The van der Waals surface area contributed by atoms with Gasteiger partial charge in [-0.15, -0.1) is 0 Å². The molecule has 9 heteroatoms. The van der Waals surface area contributed by atoms with Crippen molar-refractivity contribution in [1.82, 2.24) is 24.8 Å². The van der Waals surface area contributed by atoms with E-state index in [0.717, 1.165) is 13.1 Å². The first-order valence-electron chi connectivity index (χ1n) is 10.1. The number of hydrogen-bond donors (Lipinski definition) is 3. The zero-order chi connectivity index (χ0) is 20.8. The molecule has 0 atom stereocenters. The molecule has 1 saturated heterocycles. The molecular formula is C21H22N6O3. The van der Waals surface area contributed by atoms with Gasteiger partial charge in [-0.2, -0.15) is 0 Å². The van der Waals surface area contributed by atoms with Crippen LogP contribution in [0.3, 0.4) is 0 Å². The summed E-state index contributed by atoms with van der Waals surface area (Å²) in [6.45, 7) is 3.14. The maximum atomic E-state index is 12.9. The lowest BCUT2D eigenvalue weighted by Crippen LogP contribution is -2.37. The summed E-state index contributed by atoms with van der Waals surface area (Å²) in [6.07, 6.45) is 3.89. The standard InChI is InChI=1S/C21H22N6O3/c1-22-14-4-5-23-19(28)17(14)18-24-15-10-12-13(11-16(15)25-18)21(30)27(20(12)29)9-8-26-6-2-3-7-26/h4-5,10-11H,2-3,6-9H2,1H3,(H,24,25)(H2,22,23,28). The molecule has 4 heterocycles. The van der Waals surface area contributed by atoms with Gasteiger partial charge in [0.15, 0.2) is 0 Å². The van der Waals surface area contributed by atoms with E-state index in [4.69, 9.17) is 0 Å². The van der Waals surface area contributed by atoms with Crippen LogP contribution in [0.15, 0.2) is 29.2 Å². The highest BCUT2D eigenvalue weighted by Gasteiger charge is 2.36. The highest BCUT2D eigenvalue weighted by Crippen LogP contribution is 2.30. The Labute approximate surface area is 172 Å². The van der Waals surface area contributed by atoms with Crippen LogP contribution in [0.5, 0.6) is 0 Å². The zero-order valence-electron chi connectivity index (χ0n) is 16.6. The minimum absolute atomic E-state index is 0.277. The molecule has 2 aromatic heterocycles. The molecule has 9 nitrogen and oxygen atoms in total. The lowest BCUT2D eigenvalue weighted by Gasteiger charge is -2.19. The average molecular weight is 406 g/mol. The number of fused-ring (bicyclic) bond motifs is 2. The molecule has 2 aliphatic heterocycles. The first kappa shape index (κ1) is 18.6.